The Balaban J connectivity index is 1.61. The van der Waals surface area contributed by atoms with Gasteiger partial charge in [0.05, 0.1) is 12.7 Å². The first-order valence-electron chi connectivity index (χ1n) is 8.10. The van der Waals surface area contributed by atoms with Gasteiger partial charge in [0, 0.05) is 19.0 Å². The fourth-order valence-corrected chi connectivity index (χ4v) is 4.12. The molecule has 8 heteroatoms. The average molecular weight is 351 g/mol. The summed E-state index contributed by atoms with van der Waals surface area (Å²) < 4.78 is 4.75. The van der Waals surface area contributed by atoms with E-state index in [1.165, 1.54) is 18.4 Å². The second-order valence-electron chi connectivity index (χ2n) is 6.03. The fraction of sp³-hybridized carbons (Fsp3) is 0.562. The Morgan fingerprint density at radius 2 is 2.29 bits per heavy atom. The molecule has 0 bridgehead atoms. The van der Waals surface area contributed by atoms with Crippen molar-refractivity contribution in [3.63, 3.8) is 0 Å². The zero-order chi connectivity index (χ0) is 17.1. The van der Waals surface area contributed by atoms with E-state index in [0.717, 1.165) is 19.4 Å². The fourth-order valence-electron chi connectivity index (χ4n) is 3.20. The third kappa shape index (κ3) is 3.44. The molecule has 3 rings (SSSR count). The smallest absolute Gasteiger partial charge is 0.340 e. The summed E-state index contributed by atoms with van der Waals surface area (Å²) in [5, 5.41) is 8.44. The van der Waals surface area contributed by atoms with Crippen molar-refractivity contribution in [1.82, 2.24) is 10.6 Å². The van der Waals surface area contributed by atoms with E-state index in [4.69, 9.17) is 4.74 Å². The number of amides is 2. The lowest BCUT2D eigenvalue weighted by Gasteiger charge is -2.17. The van der Waals surface area contributed by atoms with Crippen LogP contribution in [0.1, 0.15) is 36.0 Å². The van der Waals surface area contributed by atoms with E-state index in [2.05, 4.69) is 10.6 Å². The average Bonchev–Trinajstić information content (AvgIpc) is 3.29. The lowest BCUT2D eigenvalue weighted by Crippen LogP contribution is -2.43. The third-order valence-corrected chi connectivity index (χ3v) is 5.37. The zero-order valence-corrected chi connectivity index (χ0v) is 14.4. The molecule has 0 aromatic carbocycles. The number of carbonyl (C=O) groups excluding carboxylic acids is 3. The van der Waals surface area contributed by atoms with Gasteiger partial charge in [-0.1, -0.05) is 0 Å². The number of thiophene rings is 1. The first kappa shape index (κ1) is 16.9. The molecular weight excluding hydrogens is 330 g/mol. The summed E-state index contributed by atoms with van der Waals surface area (Å²) in [6, 6.07) is 1.34. The maximum absolute atomic E-state index is 12.6. The molecule has 24 heavy (non-hydrogen) atoms. The summed E-state index contributed by atoms with van der Waals surface area (Å²) in [4.78, 5) is 38.1. The van der Waals surface area contributed by atoms with Crippen LogP contribution >= 0.6 is 11.3 Å². The van der Waals surface area contributed by atoms with Gasteiger partial charge in [0.2, 0.25) is 11.8 Å². The van der Waals surface area contributed by atoms with Crippen molar-refractivity contribution >= 4 is 34.1 Å². The molecule has 2 aliphatic heterocycles. The van der Waals surface area contributed by atoms with E-state index in [9.17, 15) is 14.4 Å². The number of ether oxygens (including phenoxy) is 1. The maximum Gasteiger partial charge on any atom is 0.340 e. The van der Waals surface area contributed by atoms with E-state index in [-0.39, 0.29) is 17.9 Å². The Morgan fingerprint density at radius 1 is 1.46 bits per heavy atom. The number of anilines is 1. The van der Waals surface area contributed by atoms with Gasteiger partial charge in [0.25, 0.3) is 0 Å². The van der Waals surface area contributed by atoms with Crippen LogP contribution in [-0.2, 0) is 14.3 Å². The van der Waals surface area contributed by atoms with Crippen LogP contribution in [0, 0.1) is 0 Å². The molecule has 130 valence electrons. The van der Waals surface area contributed by atoms with Gasteiger partial charge in [-0.2, -0.15) is 0 Å². The highest BCUT2D eigenvalue weighted by molar-refractivity contribution is 7.14. The Kier molecular flexibility index (Phi) is 5.15. The molecule has 0 aliphatic carbocycles. The number of carbonyl (C=O) groups is 3. The second kappa shape index (κ2) is 7.31. The number of hydrogen-bond donors (Lipinski definition) is 2. The van der Waals surface area contributed by atoms with Crippen molar-refractivity contribution in [1.29, 1.82) is 0 Å². The van der Waals surface area contributed by atoms with Crippen molar-refractivity contribution in [3.8, 4) is 0 Å². The first-order chi connectivity index (χ1) is 11.6. The topological polar surface area (TPSA) is 87.7 Å². The van der Waals surface area contributed by atoms with E-state index in [0.29, 0.717) is 30.0 Å². The number of nitrogens with zero attached hydrogens (tertiary/aromatic N) is 1. The summed E-state index contributed by atoms with van der Waals surface area (Å²) in [7, 11) is 1.32. The molecule has 1 aromatic rings. The van der Waals surface area contributed by atoms with Crippen molar-refractivity contribution in [2.24, 2.45) is 0 Å². The van der Waals surface area contributed by atoms with Crippen LogP contribution in [0.25, 0.3) is 0 Å². The molecule has 7 nitrogen and oxygen atoms in total. The van der Waals surface area contributed by atoms with Crippen molar-refractivity contribution < 1.29 is 19.1 Å². The van der Waals surface area contributed by atoms with Crippen molar-refractivity contribution in [2.75, 3.05) is 25.1 Å². The van der Waals surface area contributed by atoms with E-state index < -0.39 is 12.0 Å². The lowest BCUT2D eigenvalue weighted by molar-refractivity contribution is -0.126. The predicted octanol–water partition coefficient (Wildman–Crippen LogP) is 0.898. The van der Waals surface area contributed by atoms with E-state index in [1.54, 1.807) is 16.3 Å². The van der Waals surface area contributed by atoms with Crippen LogP contribution in [0.4, 0.5) is 5.00 Å². The summed E-state index contributed by atoms with van der Waals surface area (Å²) in [6.07, 6.45) is 3.02. The number of esters is 1. The van der Waals surface area contributed by atoms with Gasteiger partial charge in [-0.05, 0) is 37.3 Å². The standard InChI is InChI=1S/C16H21N3O4S/c1-23-16(22)11-5-8-24-15(11)19-7-4-12(14(19)21)18-13(20)9-10-3-2-6-17-10/h5,8,10,12,17H,2-4,6-7,9H2,1H3,(H,18,20). The summed E-state index contributed by atoms with van der Waals surface area (Å²) >= 11 is 1.32. The van der Waals surface area contributed by atoms with E-state index in [1.807, 2.05) is 0 Å². The molecule has 1 aromatic heterocycles. The van der Waals surface area contributed by atoms with Gasteiger partial charge in [-0.15, -0.1) is 11.3 Å². The predicted molar refractivity (Wildman–Crippen MR) is 90.2 cm³/mol. The van der Waals surface area contributed by atoms with Gasteiger partial charge in [0.15, 0.2) is 0 Å². The Labute approximate surface area is 144 Å². The molecule has 0 saturated carbocycles. The highest BCUT2D eigenvalue weighted by Crippen LogP contribution is 2.31. The molecule has 2 atom stereocenters. The molecule has 0 radical (unpaired) electrons. The molecule has 2 amide bonds. The zero-order valence-electron chi connectivity index (χ0n) is 13.5. The Hall–Kier alpha value is -1.93. The molecule has 2 saturated heterocycles. The summed E-state index contributed by atoms with van der Waals surface area (Å²) in [6.45, 7) is 1.43. The van der Waals surface area contributed by atoms with Crippen LogP contribution < -0.4 is 15.5 Å². The molecule has 2 N–H and O–H groups in total. The lowest BCUT2D eigenvalue weighted by atomic mass is 10.1. The minimum absolute atomic E-state index is 0.103. The van der Waals surface area contributed by atoms with Crippen LogP contribution in [0.3, 0.4) is 0 Å². The maximum atomic E-state index is 12.6. The van der Waals surface area contributed by atoms with Crippen LogP contribution in [0.5, 0.6) is 0 Å². The summed E-state index contributed by atoms with van der Waals surface area (Å²) in [5.41, 5.74) is 0.387. The summed E-state index contributed by atoms with van der Waals surface area (Å²) in [5.74, 6) is -0.733. The van der Waals surface area contributed by atoms with Gasteiger partial charge in [-0.3, -0.25) is 9.59 Å². The highest BCUT2D eigenvalue weighted by Gasteiger charge is 2.36. The SMILES string of the molecule is COC(=O)c1ccsc1N1CCC(NC(=O)CC2CCCN2)C1=O. The highest BCUT2D eigenvalue weighted by atomic mass is 32.1. The third-order valence-electron chi connectivity index (χ3n) is 4.43. The normalized spacial score (nSPS) is 23.5. The number of hydrogen-bond acceptors (Lipinski definition) is 6. The van der Waals surface area contributed by atoms with E-state index >= 15 is 0 Å². The van der Waals surface area contributed by atoms with Gasteiger partial charge < -0.3 is 20.3 Å². The molecule has 2 aliphatic rings. The molecule has 0 spiro atoms. The minimum Gasteiger partial charge on any atom is -0.465 e. The van der Waals surface area contributed by atoms with Gasteiger partial charge in [-0.25, -0.2) is 4.79 Å². The number of nitrogens with one attached hydrogen (secondary N) is 2. The molecule has 2 fully saturated rings. The van der Waals surface area contributed by atoms with Crippen LogP contribution in [0.15, 0.2) is 11.4 Å². The van der Waals surface area contributed by atoms with Crippen LogP contribution in [-0.4, -0.2) is 50.1 Å². The number of rotatable bonds is 5. The number of methoxy groups -OCH3 is 1. The van der Waals surface area contributed by atoms with Gasteiger partial charge >= 0.3 is 5.97 Å². The van der Waals surface area contributed by atoms with Crippen molar-refractivity contribution in [3.05, 3.63) is 17.0 Å². The largest absolute Gasteiger partial charge is 0.465 e. The monoisotopic (exact) mass is 351 g/mol. The minimum atomic E-state index is -0.522. The molecular formula is C16H21N3O4S. The quantitative estimate of drug-likeness (QED) is 0.770. The second-order valence-corrected chi connectivity index (χ2v) is 6.92. The molecule has 3 heterocycles. The van der Waals surface area contributed by atoms with Crippen molar-refractivity contribution in [2.45, 2.75) is 37.8 Å². The molecule has 2 unspecified atom stereocenters. The first-order valence-corrected chi connectivity index (χ1v) is 8.98. The Morgan fingerprint density at radius 3 is 3.00 bits per heavy atom. The van der Waals surface area contributed by atoms with Gasteiger partial charge in [0.1, 0.15) is 11.0 Å². The van der Waals surface area contributed by atoms with Crippen LogP contribution in [0.2, 0.25) is 0 Å². The Bertz CT molecular complexity index is 639.